The third kappa shape index (κ3) is 2.97. The minimum atomic E-state index is -0.836. The molecular weight excluding hydrogens is 204 g/mol. The van der Waals surface area contributed by atoms with E-state index in [1.165, 1.54) is 20.0 Å². The monoisotopic (exact) mass is 228 g/mol. The molecule has 0 radical (unpaired) electrons. The topological polar surface area (TPSA) is 46.5 Å². The predicted octanol–water partition coefficient (Wildman–Crippen LogP) is 2.52. The molecule has 0 aromatic carbocycles. The van der Waals surface area contributed by atoms with Crippen LogP contribution in [0.3, 0.4) is 0 Å². The Hall–Kier alpha value is -0.570. The zero-order valence-corrected chi connectivity index (χ0v) is 10.7. The van der Waals surface area contributed by atoms with Gasteiger partial charge in [0, 0.05) is 0 Å². The third-order valence-electron chi connectivity index (χ3n) is 4.03. The molecule has 1 aliphatic carbocycles. The lowest BCUT2D eigenvalue weighted by Crippen LogP contribution is -2.44. The maximum Gasteiger partial charge on any atom is 0.311 e. The first-order chi connectivity index (χ1) is 7.53. The van der Waals surface area contributed by atoms with Crippen molar-refractivity contribution < 1.29 is 14.6 Å². The molecule has 0 amide bonds. The van der Waals surface area contributed by atoms with Gasteiger partial charge in [-0.15, -0.1) is 0 Å². The Morgan fingerprint density at radius 1 is 1.50 bits per heavy atom. The zero-order valence-electron chi connectivity index (χ0n) is 10.7. The van der Waals surface area contributed by atoms with Crippen LogP contribution in [-0.2, 0) is 9.53 Å². The van der Waals surface area contributed by atoms with Crippen molar-refractivity contribution in [2.24, 2.45) is 11.8 Å². The highest BCUT2D eigenvalue weighted by Crippen LogP contribution is 2.39. The van der Waals surface area contributed by atoms with E-state index in [2.05, 4.69) is 6.92 Å². The van der Waals surface area contributed by atoms with E-state index in [4.69, 9.17) is 4.74 Å². The third-order valence-corrected chi connectivity index (χ3v) is 4.03. The fourth-order valence-corrected chi connectivity index (χ4v) is 2.70. The molecule has 0 aromatic rings. The Kier molecular flexibility index (Phi) is 4.78. The summed E-state index contributed by atoms with van der Waals surface area (Å²) < 4.78 is 4.71. The molecule has 1 aliphatic rings. The Morgan fingerprint density at radius 3 is 2.50 bits per heavy atom. The van der Waals surface area contributed by atoms with Crippen LogP contribution in [0.4, 0.5) is 0 Å². The van der Waals surface area contributed by atoms with Crippen LogP contribution in [0.5, 0.6) is 0 Å². The molecule has 1 fully saturated rings. The minimum absolute atomic E-state index is 0.295. The van der Waals surface area contributed by atoms with Gasteiger partial charge in [-0.1, -0.05) is 19.8 Å². The Morgan fingerprint density at radius 2 is 2.06 bits per heavy atom. The van der Waals surface area contributed by atoms with E-state index in [9.17, 15) is 9.90 Å². The van der Waals surface area contributed by atoms with Gasteiger partial charge in [-0.3, -0.25) is 4.79 Å². The molecule has 0 saturated heterocycles. The molecule has 1 N–H and O–H groups in total. The van der Waals surface area contributed by atoms with Gasteiger partial charge in [0.15, 0.2) is 0 Å². The van der Waals surface area contributed by atoms with Gasteiger partial charge in [-0.05, 0) is 38.5 Å². The molecule has 94 valence electrons. The summed E-state index contributed by atoms with van der Waals surface area (Å²) in [6, 6.07) is 0. The van der Waals surface area contributed by atoms with Crippen LogP contribution in [0.25, 0.3) is 0 Å². The summed E-state index contributed by atoms with van der Waals surface area (Å²) in [5.41, 5.74) is -0.836. The summed E-state index contributed by atoms with van der Waals surface area (Å²) in [7, 11) is 1.38. The number of esters is 1. The summed E-state index contributed by atoms with van der Waals surface area (Å²) >= 11 is 0. The van der Waals surface area contributed by atoms with Crippen molar-refractivity contribution in [3.05, 3.63) is 0 Å². The molecule has 0 aromatic heterocycles. The summed E-state index contributed by atoms with van der Waals surface area (Å²) in [6.45, 7) is 3.96. The molecule has 0 bridgehead atoms. The molecular formula is C13H24O3. The summed E-state index contributed by atoms with van der Waals surface area (Å²) in [4.78, 5) is 11.4. The van der Waals surface area contributed by atoms with Gasteiger partial charge in [-0.25, -0.2) is 0 Å². The molecule has 3 heteroatoms. The second kappa shape index (κ2) is 5.67. The standard InChI is InChI=1S/C13H24O3/c1-4-5-11-6-8-13(15,9-7-11)10(2)12(14)16-3/h10-11,15H,4-9H2,1-3H3. The fraction of sp³-hybridized carbons (Fsp3) is 0.923. The summed E-state index contributed by atoms with van der Waals surface area (Å²) in [5, 5.41) is 10.4. The maximum absolute atomic E-state index is 11.4. The van der Waals surface area contributed by atoms with Crippen LogP contribution in [0.2, 0.25) is 0 Å². The van der Waals surface area contributed by atoms with E-state index < -0.39 is 11.5 Å². The minimum Gasteiger partial charge on any atom is -0.469 e. The first-order valence-corrected chi connectivity index (χ1v) is 6.33. The Balaban J connectivity index is 2.52. The van der Waals surface area contributed by atoms with Crippen molar-refractivity contribution in [3.63, 3.8) is 0 Å². The fourth-order valence-electron chi connectivity index (χ4n) is 2.70. The second-order valence-corrected chi connectivity index (χ2v) is 5.08. The number of carbonyl (C=O) groups excluding carboxylic acids is 1. The molecule has 1 saturated carbocycles. The zero-order chi connectivity index (χ0) is 12.2. The highest BCUT2D eigenvalue weighted by molar-refractivity contribution is 5.73. The van der Waals surface area contributed by atoms with Gasteiger partial charge >= 0.3 is 5.97 Å². The normalized spacial score (nSPS) is 32.1. The summed E-state index contributed by atoms with van der Waals surface area (Å²) in [6.07, 6.45) is 5.97. The quantitative estimate of drug-likeness (QED) is 0.752. The summed E-state index contributed by atoms with van der Waals surface area (Å²) in [5.74, 6) is 0.0339. The van der Waals surface area contributed by atoms with Crippen molar-refractivity contribution >= 4 is 5.97 Å². The van der Waals surface area contributed by atoms with Crippen LogP contribution < -0.4 is 0 Å². The predicted molar refractivity (Wildman–Crippen MR) is 63.0 cm³/mol. The van der Waals surface area contributed by atoms with E-state index >= 15 is 0 Å². The molecule has 1 rings (SSSR count). The number of hydrogen-bond acceptors (Lipinski definition) is 3. The Bertz CT molecular complexity index is 229. The van der Waals surface area contributed by atoms with Crippen LogP contribution in [0.15, 0.2) is 0 Å². The lowest BCUT2D eigenvalue weighted by Gasteiger charge is -2.39. The first kappa shape index (κ1) is 13.5. The highest BCUT2D eigenvalue weighted by atomic mass is 16.5. The van der Waals surface area contributed by atoms with E-state index in [-0.39, 0.29) is 5.97 Å². The molecule has 0 spiro atoms. The highest BCUT2D eigenvalue weighted by Gasteiger charge is 2.41. The molecule has 0 heterocycles. The van der Waals surface area contributed by atoms with Gasteiger partial charge in [0.2, 0.25) is 0 Å². The average Bonchev–Trinajstić information content (AvgIpc) is 2.30. The van der Waals surface area contributed by atoms with Crippen molar-refractivity contribution in [2.45, 2.75) is 58.0 Å². The van der Waals surface area contributed by atoms with Gasteiger partial charge in [0.1, 0.15) is 0 Å². The van der Waals surface area contributed by atoms with E-state index in [0.717, 1.165) is 31.6 Å². The Labute approximate surface area is 98.2 Å². The van der Waals surface area contributed by atoms with Crippen molar-refractivity contribution in [1.82, 2.24) is 0 Å². The van der Waals surface area contributed by atoms with Gasteiger partial charge in [0.25, 0.3) is 0 Å². The molecule has 3 nitrogen and oxygen atoms in total. The largest absolute Gasteiger partial charge is 0.469 e. The number of carbonyl (C=O) groups is 1. The molecule has 16 heavy (non-hydrogen) atoms. The molecule has 1 unspecified atom stereocenters. The van der Waals surface area contributed by atoms with Crippen molar-refractivity contribution in [3.8, 4) is 0 Å². The van der Waals surface area contributed by atoms with Crippen molar-refractivity contribution in [2.75, 3.05) is 7.11 Å². The first-order valence-electron chi connectivity index (χ1n) is 6.33. The average molecular weight is 228 g/mol. The lowest BCUT2D eigenvalue weighted by atomic mass is 9.72. The van der Waals surface area contributed by atoms with E-state index in [0.29, 0.717) is 0 Å². The van der Waals surface area contributed by atoms with Gasteiger partial charge in [-0.2, -0.15) is 0 Å². The van der Waals surface area contributed by atoms with E-state index in [1.54, 1.807) is 6.92 Å². The second-order valence-electron chi connectivity index (χ2n) is 5.08. The van der Waals surface area contributed by atoms with E-state index in [1.807, 2.05) is 0 Å². The van der Waals surface area contributed by atoms with Crippen LogP contribution in [-0.4, -0.2) is 23.8 Å². The number of methoxy groups -OCH3 is 1. The number of rotatable bonds is 4. The lowest BCUT2D eigenvalue weighted by molar-refractivity contribution is -0.157. The molecule has 0 aliphatic heterocycles. The van der Waals surface area contributed by atoms with Crippen LogP contribution in [0.1, 0.15) is 52.4 Å². The number of ether oxygens (including phenoxy) is 1. The van der Waals surface area contributed by atoms with Gasteiger partial charge < -0.3 is 9.84 Å². The smallest absolute Gasteiger partial charge is 0.311 e. The van der Waals surface area contributed by atoms with Gasteiger partial charge in [0.05, 0.1) is 18.6 Å². The number of aliphatic hydroxyl groups is 1. The van der Waals surface area contributed by atoms with Crippen LogP contribution >= 0.6 is 0 Å². The SMILES string of the molecule is CCCC1CCC(O)(C(C)C(=O)OC)CC1. The van der Waals surface area contributed by atoms with Crippen LogP contribution in [0, 0.1) is 11.8 Å². The molecule has 1 atom stereocenters. The maximum atomic E-state index is 11.4. The van der Waals surface area contributed by atoms with Crippen molar-refractivity contribution in [1.29, 1.82) is 0 Å². The number of hydrogen-bond donors (Lipinski definition) is 1.